The van der Waals surface area contributed by atoms with E-state index in [1.54, 1.807) is 18.2 Å². The predicted molar refractivity (Wildman–Crippen MR) is 143 cm³/mol. The Bertz CT molecular complexity index is 1240. The molecule has 1 aliphatic carbocycles. The van der Waals surface area contributed by atoms with Crippen LogP contribution in [-0.2, 0) is 19.3 Å². The molecular weight excluding hydrogens is 494 g/mol. The summed E-state index contributed by atoms with van der Waals surface area (Å²) in [5, 5.41) is 9.23. The standard InChI is InChI=1S/C26H37N5O5S/c1-18-17-36-14-12-30(18)22-16-21(26(10-11-26)37(34,35)15-5-13-32)28-23(29-22)19-6-8-20(9-7-19)31(24(27)33)25(2,3)4/h6-9,16,18,32H,5,10-15,17H2,1-4H3,(H2,27,33)/t18-/m0/s1. The number of nitrogens with zero attached hydrogens (tertiary/aromatic N) is 4. The van der Waals surface area contributed by atoms with Gasteiger partial charge < -0.3 is 20.5 Å². The summed E-state index contributed by atoms with van der Waals surface area (Å²) in [5.74, 6) is 0.996. The zero-order valence-corrected chi connectivity index (χ0v) is 22.8. The molecule has 0 spiro atoms. The summed E-state index contributed by atoms with van der Waals surface area (Å²) in [7, 11) is -3.52. The van der Waals surface area contributed by atoms with E-state index in [0.29, 0.717) is 61.2 Å². The van der Waals surface area contributed by atoms with Gasteiger partial charge in [-0.2, -0.15) is 0 Å². The van der Waals surface area contributed by atoms with Gasteiger partial charge in [0.1, 0.15) is 10.6 Å². The number of urea groups is 1. The third kappa shape index (κ3) is 5.44. The van der Waals surface area contributed by atoms with E-state index in [-0.39, 0.29) is 24.8 Å². The van der Waals surface area contributed by atoms with Crippen LogP contribution in [0.1, 0.15) is 52.7 Å². The van der Waals surface area contributed by atoms with Crippen LogP contribution in [0.25, 0.3) is 11.4 Å². The number of aliphatic hydroxyl groups excluding tert-OH is 1. The van der Waals surface area contributed by atoms with Gasteiger partial charge in [0.05, 0.1) is 30.7 Å². The number of carbonyl (C=O) groups is 1. The molecule has 2 aromatic rings. The third-order valence-corrected chi connectivity index (χ3v) is 9.62. The second kappa shape index (κ2) is 10.2. The zero-order valence-electron chi connectivity index (χ0n) is 22.0. The summed E-state index contributed by atoms with van der Waals surface area (Å²) in [5.41, 5.74) is 6.97. The van der Waals surface area contributed by atoms with Crippen molar-refractivity contribution >= 4 is 27.4 Å². The molecule has 0 unspecified atom stereocenters. The molecule has 0 bridgehead atoms. The fraction of sp³-hybridized carbons (Fsp3) is 0.577. The zero-order chi connectivity index (χ0) is 27.0. The molecule has 0 radical (unpaired) electrons. The molecule has 37 heavy (non-hydrogen) atoms. The summed E-state index contributed by atoms with van der Waals surface area (Å²) >= 11 is 0. The van der Waals surface area contributed by atoms with Gasteiger partial charge in [0.2, 0.25) is 0 Å². The first-order chi connectivity index (χ1) is 17.4. The monoisotopic (exact) mass is 531 g/mol. The minimum Gasteiger partial charge on any atom is -0.396 e. The Labute approximate surface area is 218 Å². The second-order valence-electron chi connectivity index (χ2n) is 10.8. The topological polar surface area (TPSA) is 139 Å². The lowest BCUT2D eigenvalue weighted by Gasteiger charge is -2.35. The number of hydrogen-bond donors (Lipinski definition) is 2. The van der Waals surface area contributed by atoms with Gasteiger partial charge in [-0.1, -0.05) is 0 Å². The molecule has 2 heterocycles. The minimum absolute atomic E-state index is 0.0729. The number of ether oxygens (including phenoxy) is 1. The number of sulfone groups is 1. The van der Waals surface area contributed by atoms with Crippen LogP contribution in [0.2, 0.25) is 0 Å². The van der Waals surface area contributed by atoms with Crippen molar-refractivity contribution in [1.29, 1.82) is 0 Å². The summed E-state index contributed by atoms with van der Waals surface area (Å²) in [6.07, 6.45) is 1.18. The van der Waals surface area contributed by atoms with E-state index in [2.05, 4.69) is 4.90 Å². The van der Waals surface area contributed by atoms with Crippen molar-refractivity contribution in [3.8, 4) is 11.4 Å². The van der Waals surface area contributed by atoms with Crippen molar-refractivity contribution in [2.45, 2.75) is 63.3 Å². The second-order valence-corrected chi connectivity index (χ2v) is 13.3. The van der Waals surface area contributed by atoms with E-state index in [9.17, 15) is 18.3 Å². The normalized spacial score (nSPS) is 19.5. The number of benzene rings is 1. The Hall–Kier alpha value is -2.76. The average Bonchev–Trinajstić information content (AvgIpc) is 3.65. The van der Waals surface area contributed by atoms with Crippen LogP contribution in [-0.4, -0.2) is 73.2 Å². The predicted octanol–water partition coefficient (Wildman–Crippen LogP) is 2.84. The lowest BCUT2D eigenvalue weighted by atomic mass is 10.0. The van der Waals surface area contributed by atoms with Crippen LogP contribution in [0, 0.1) is 0 Å². The van der Waals surface area contributed by atoms with Crippen molar-refractivity contribution in [3.05, 3.63) is 36.0 Å². The molecule has 11 heteroatoms. The number of aliphatic hydroxyl groups is 1. The number of hydrogen-bond acceptors (Lipinski definition) is 8. The lowest BCUT2D eigenvalue weighted by Crippen LogP contribution is -2.48. The van der Waals surface area contributed by atoms with Gasteiger partial charge in [-0.3, -0.25) is 4.90 Å². The molecule has 1 atom stereocenters. The number of morpholine rings is 1. The summed E-state index contributed by atoms with van der Waals surface area (Å²) < 4.78 is 31.1. The molecule has 2 amide bonds. The Morgan fingerprint density at radius 3 is 2.46 bits per heavy atom. The average molecular weight is 532 g/mol. The molecule has 2 aliphatic rings. The first-order valence-electron chi connectivity index (χ1n) is 12.7. The Morgan fingerprint density at radius 2 is 1.92 bits per heavy atom. The number of nitrogens with two attached hydrogens (primary N) is 1. The smallest absolute Gasteiger partial charge is 0.319 e. The molecule has 1 saturated heterocycles. The molecule has 202 valence electrons. The molecule has 3 N–H and O–H groups in total. The third-order valence-electron chi connectivity index (χ3n) is 6.99. The van der Waals surface area contributed by atoms with Crippen LogP contribution >= 0.6 is 0 Å². The lowest BCUT2D eigenvalue weighted by molar-refractivity contribution is 0.0985. The van der Waals surface area contributed by atoms with Crippen molar-refractivity contribution in [1.82, 2.24) is 9.97 Å². The van der Waals surface area contributed by atoms with Crippen molar-refractivity contribution in [2.75, 3.05) is 41.9 Å². The van der Waals surface area contributed by atoms with Crippen LogP contribution in [0.15, 0.2) is 30.3 Å². The Balaban J connectivity index is 1.78. The maximum absolute atomic E-state index is 13.3. The van der Waals surface area contributed by atoms with Crippen molar-refractivity contribution < 1.29 is 23.1 Å². The Morgan fingerprint density at radius 1 is 1.24 bits per heavy atom. The van der Waals surface area contributed by atoms with Crippen LogP contribution < -0.4 is 15.5 Å². The van der Waals surface area contributed by atoms with Gasteiger partial charge in [-0.05, 0) is 71.2 Å². The number of amides is 2. The summed E-state index contributed by atoms with van der Waals surface area (Å²) in [6, 6.07) is 8.56. The molecule has 4 rings (SSSR count). The number of aromatic nitrogens is 2. The molecule has 1 saturated carbocycles. The number of primary amides is 1. The molecule has 1 aromatic carbocycles. The summed E-state index contributed by atoms with van der Waals surface area (Å²) in [4.78, 5) is 25.4. The highest BCUT2D eigenvalue weighted by Gasteiger charge is 2.56. The van der Waals surface area contributed by atoms with Gasteiger partial charge in [-0.15, -0.1) is 0 Å². The van der Waals surface area contributed by atoms with Crippen LogP contribution in [0.3, 0.4) is 0 Å². The van der Waals surface area contributed by atoms with E-state index in [1.165, 1.54) is 4.90 Å². The van der Waals surface area contributed by atoms with Gasteiger partial charge in [0.15, 0.2) is 15.7 Å². The fourth-order valence-electron chi connectivity index (χ4n) is 4.91. The number of anilines is 2. The molecule has 2 fully saturated rings. The highest BCUT2D eigenvalue weighted by atomic mass is 32.2. The van der Waals surface area contributed by atoms with E-state index < -0.39 is 26.2 Å². The summed E-state index contributed by atoms with van der Waals surface area (Å²) in [6.45, 7) is 9.33. The number of rotatable bonds is 8. The van der Waals surface area contributed by atoms with Crippen LogP contribution in [0.5, 0.6) is 0 Å². The van der Waals surface area contributed by atoms with Crippen LogP contribution in [0.4, 0.5) is 16.3 Å². The van der Waals surface area contributed by atoms with E-state index >= 15 is 0 Å². The van der Waals surface area contributed by atoms with Crippen molar-refractivity contribution in [3.63, 3.8) is 0 Å². The maximum atomic E-state index is 13.3. The molecule has 1 aromatic heterocycles. The molecular formula is C26H37N5O5S. The maximum Gasteiger partial charge on any atom is 0.319 e. The first-order valence-corrected chi connectivity index (χ1v) is 14.3. The largest absolute Gasteiger partial charge is 0.396 e. The van der Waals surface area contributed by atoms with Gasteiger partial charge >= 0.3 is 6.03 Å². The number of carbonyl (C=O) groups excluding carboxylic acids is 1. The highest BCUT2D eigenvalue weighted by Crippen LogP contribution is 2.53. The van der Waals surface area contributed by atoms with E-state index in [1.807, 2.05) is 39.8 Å². The first kappa shape index (κ1) is 27.3. The van der Waals surface area contributed by atoms with Crippen molar-refractivity contribution in [2.24, 2.45) is 5.73 Å². The SMILES string of the molecule is C[C@H]1COCCN1c1cc(C2(S(=O)(=O)CCCO)CC2)nc(-c2ccc(N(C(N)=O)C(C)(C)C)cc2)n1. The van der Waals surface area contributed by atoms with Gasteiger partial charge in [-0.25, -0.2) is 23.2 Å². The molecule has 10 nitrogen and oxygen atoms in total. The van der Waals surface area contributed by atoms with Gasteiger partial charge in [0.25, 0.3) is 0 Å². The van der Waals surface area contributed by atoms with Gasteiger partial charge in [0, 0.05) is 36.0 Å². The minimum atomic E-state index is -3.52. The van der Waals surface area contributed by atoms with E-state index in [0.717, 1.165) is 0 Å². The highest BCUT2D eigenvalue weighted by molar-refractivity contribution is 7.92. The Kier molecular flexibility index (Phi) is 7.51. The fourth-order valence-corrected chi connectivity index (χ4v) is 6.95. The molecule has 1 aliphatic heterocycles. The van der Waals surface area contributed by atoms with E-state index in [4.69, 9.17) is 20.4 Å². The quantitative estimate of drug-likeness (QED) is 0.530.